The molecule has 0 radical (unpaired) electrons. The number of aromatic nitrogens is 2. The van der Waals surface area contributed by atoms with Gasteiger partial charge in [0.05, 0.1) is 30.2 Å². The molecule has 1 N–H and O–H groups in total. The zero-order chi connectivity index (χ0) is 19.5. The fraction of sp³-hybridized carbons (Fsp3) is 0.364. The lowest BCUT2D eigenvalue weighted by atomic mass is 10.1. The van der Waals surface area contributed by atoms with Crippen LogP contribution in [0.4, 0.5) is 5.69 Å². The topological polar surface area (TPSA) is 61.5 Å². The molecule has 1 aliphatic heterocycles. The molecule has 146 valence electrons. The summed E-state index contributed by atoms with van der Waals surface area (Å²) in [5, 5.41) is 0.624. The van der Waals surface area contributed by atoms with Crippen molar-refractivity contribution in [1.82, 2.24) is 14.9 Å². The predicted molar refractivity (Wildman–Crippen MR) is 112 cm³/mol. The molecule has 3 aromatic rings. The van der Waals surface area contributed by atoms with Gasteiger partial charge in [-0.05, 0) is 37.7 Å². The van der Waals surface area contributed by atoms with Crippen molar-refractivity contribution in [2.45, 2.75) is 19.5 Å². The molecule has 0 amide bonds. The van der Waals surface area contributed by atoms with Gasteiger partial charge in [0.25, 0.3) is 5.56 Å². The second-order valence-corrected chi connectivity index (χ2v) is 7.29. The molecular formula is C22H26N4O2. The number of fused-ring (bicyclic) bond motifs is 1. The van der Waals surface area contributed by atoms with Crippen molar-refractivity contribution in [2.24, 2.45) is 0 Å². The molecule has 0 bridgehead atoms. The standard InChI is InChI=1S/C22H26N4O2/c1-16(21-23-19-9-5-4-8-18(19)22(27)24-21)25(2)15-17-7-3-6-10-20(17)26-11-13-28-14-12-26/h3-10,16H,11-15H2,1-2H3,(H,23,24,27). The van der Waals surface area contributed by atoms with Crippen LogP contribution in [-0.2, 0) is 11.3 Å². The second kappa shape index (κ2) is 8.12. The summed E-state index contributed by atoms with van der Waals surface area (Å²) in [7, 11) is 2.07. The molecule has 1 atom stereocenters. The molecule has 1 fully saturated rings. The predicted octanol–water partition coefficient (Wildman–Crippen LogP) is 2.95. The van der Waals surface area contributed by atoms with Gasteiger partial charge in [-0.15, -0.1) is 0 Å². The van der Waals surface area contributed by atoms with Gasteiger partial charge in [0.1, 0.15) is 5.82 Å². The Labute approximate surface area is 164 Å². The normalized spacial score (nSPS) is 15.9. The Bertz CT molecular complexity index is 1010. The third kappa shape index (κ3) is 3.79. The average molecular weight is 378 g/mol. The maximum atomic E-state index is 12.4. The van der Waals surface area contributed by atoms with E-state index in [2.05, 4.69) is 58.0 Å². The van der Waals surface area contributed by atoms with Crippen LogP contribution in [0.2, 0.25) is 0 Å². The van der Waals surface area contributed by atoms with Crippen molar-refractivity contribution in [3.63, 3.8) is 0 Å². The molecule has 4 rings (SSSR count). The molecule has 0 aliphatic carbocycles. The molecule has 1 aromatic heterocycles. The van der Waals surface area contributed by atoms with Gasteiger partial charge < -0.3 is 14.6 Å². The Morgan fingerprint density at radius 1 is 1.14 bits per heavy atom. The summed E-state index contributed by atoms with van der Waals surface area (Å²) in [4.78, 5) is 24.7. The van der Waals surface area contributed by atoms with Crippen molar-refractivity contribution in [2.75, 3.05) is 38.3 Å². The smallest absolute Gasteiger partial charge is 0.258 e. The number of benzene rings is 2. The number of rotatable bonds is 5. The minimum Gasteiger partial charge on any atom is -0.378 e. The fourth-order valence-electron chi connectivity index (χ4n) is 3.67. The summed E-state index contributed by atoms with van der Waals surface area (Å²) < 4.78 is 5.49. The highest BCUT2D eigenvalue weighted by atomic mass is 16.5. The van der Waals surface area contributed by atoms with E-state index in [-0.39, 0.29) is 11.6 Å². The van der Waals surface area contributed by atoms with Crippen LogP contribution in [0.15, 0.2) is 53.3 Å². The first-order chi connectivity index (χ1) is 13.6. The molecule has 28 heavy (non-hydrogen) atoms. The van der Waals surface area contributed by atoms with Crippen LogP contribution in [0.25, 0.3) is 10.9 Å². The van der Waals surface area contributed by atoms with E-state index >= 15 is 0 Å². The Kier molecular flexibility index (Phi) is 5.41. The monoisotopic (exact) mass is 378 g/mol. The van der Waals surface area contributed by atoms with Gasteiger partial charge in [-0.3, -0.25) is 9.69 Å². The molecule has 6 heteroatoms. The van der Waals surface area contributed by atoms with Gasteiger partial charge in [-0.2, -0.15) is 0 Å². The van der Waals surface area contributed by atoms with E-state index in [0.29, 0.717) is 11.2 Å². The highest BCUT2D eigenvalue weighted by Gasteiger charge is 2.19. The Balaban J connectivity index is 1.57. The molecule has 2 heterocycles. The molecule has 6 nitrogen and oxygen atoms in total. The van der Waals surface area contributed by atoms with E-state index in [1.54, 1.807) is 6.07 Å². The lowest BCUT2D eigenvalue weighted by molar-refractivity contribution is 0.122. The van der Waals surface area contributed by atoms with Crippen LogP contribution in [0, 0.1) is 0 Å². The number of nitrogens with one attached hydrogen (secondary N) is 1. The zero-order valence-electron chi connectivity index (χ0n) is 16.4. The first-order valence-electron chi connectivity index (χ1n) is 9.73. The van der Waals surface area contributed by atoms with Crippen molar-refractivity contribution >= 4 is 16.6 Å². The lowest BCUT2D eigenvalue weighted by Gasteiger charge is -2.32. The lowest BCUT2D eigenvalue weighted by Crippen LogP contribution is -2.37. The van der Waals surface area contributed by atoms with E-state index in [0.717, 1.165) is 38.4 Å². The molecule has 2 aromatic carbocycles. The third-order valence-electron chi connectivity index (χ3n) is 5.45. The minimum atomic E-state index is -0.0884. The number of anilines is 1. The summed E-state index contributed by atoms with van der Waals surface area (Å²) in [5.41, 5.74) is 3.16. The zero-order valence-corrected chi connectivity index (χ0v) is 16.4. The highest BCUT2D eigenvalue weighted by molar-refractivity contribution is 5.77. The maximum absolute atomic E-state index is 12.4. The van der Waals surface area contributed by atoms with Gasteiger partial charge in [-0.25, -0.2) is 4.98 Å². The van der Waals surface area contributed by atoms with Crippen LogP contribution >= 0.6 is 0 Å². The van der Waals surface area contributed by atoms with E-state index in [9.17, 15) is 4.79 Å². The third-order valence-corrected chi connectivity index (χ3v) is 5.45. The number of hydrogen-bond donors (Lipinski definition) is 1. The number of nitrogens with zero attached hydrogens (tertiary/aromatic N) is 3. The van der Waals surface area contributed by atoms with Crippen molar-refractivity contribution in [3.8, 4) is 0 Å². The quantitative estimate of drug-likeness (QED) is 0.740. The van der Waals surface area contributed by atoms with Crippen molar-refractivity contribution in [1.29, 1.82) is 0 Å². The van der Waals surface area contributed by atoms with Crippen LogP contribution in [-0.4, -0.2) is 48.2 Å². The molecular weight excluding hydrogens is 352 g/mol. The van der Waals surface area contributed by atoms with Crippen LogP contribution in [0.1, 0.15) is 24.4 Å². The Hall–Kier alpha value is -2.70. The molecule has 0 spiro atoms. The summed E-state index contributed by atoms with van der Waals surface area (Å²) in [6.07, 6.45) is 0. The maximum Gasteiger partial charge on any atom is 0.258 e. The van der Waals surface area contributed by atoms with Crippen molar-refractivity contribution < 1.29 is 4.74 Å². The number of aromatic amines is 1. The van der Waals surface area contributed by atoms with E-state index in [1.807, 2.05) is 18.2 Å². The summed E-state index contributed by atoms with van der Waals surface area (Å²) in [5.74, 6) is 0.690. The first kappa shape index (κ1) is 18.7. The number of hydrogen-bond acceptors (Lipinski definition) is 5. The van der Waals surface area contributed by atoms with E-state index in [4.69, 9.17) is 4.74 Å². The van der Waals surface area contributed by atoms with Gasteiger partial charge in [-0.1, -0.05) is 30.3 Å². The SMILES string of the molecule is CC(c1nc2ccccc2c(=O)[nH]1)N(C)Cc1ccccc1N1CCOCC1. The van der Waals surface area contributed by atoms with Crippen LogP contribution < -0.4 is 10.5 Å². The van der Waals surface area contributed by atoms with Gasteiger partial charge >= 0.3 is 0 Å². The van der Waals surface area contributed by atoms with E-state index in [1.165, 1.54) is 11.3 Å². The number of morpholine rings is 1. The number of ether oxygens (including phenoxy) is 1. The van der Waals surface area contributed by atoms with Gasteiger partial charge in [0.2, 0.25) is 0 Å². The molecule has 1 saturated heterocycles. The van der Waals surface area contributed by atoms with Gasteiger partial charge in [0.15, 0.2) is 0 Å². The molecule has 0 saturated carbocycles. The summed E-state index contributed by atoms with van der Waals surface area (Å²) in [6.45, 7) is 6.20. The second-order valence-electron chi connectivity index (χ2n) is 7.29. The minimum absolute atomic E-state index is 0.0185. The highest BCUT2D eigenvalue weighted by Crippen LogP contribution is 2.25. The summed E-state index contributed by atoms with van der Waals surface area (Å²) in [6, 6.07) is 15.9. The van der Waals surface area contributed by atoms with Crippen LogP contribution in [0.3, 0.4) is 0 Å². The number of H-pyrrole nitrogens is 1. The molecule has 1 unspecified atom stereocenters. The van der Waals surface area contributed by atoms with Crippen molar-refractivity contribution in [3.05, 3.63) is 70.3 Å². The first-order valence-corrected chi connectivity index (χ1v) is 9.73. The summed E-state index contributed by atoms with van der Waals surface area (Å²) >= 11 is 0. The molecule has 1 aliphatic rings. The van der Waals surface area contributed by atoms with Gasteiger partial charge in [0, 0.05) is 25.3 Å². The largest absolute Gasteiger partial charge is 0.378 e. The van der Waals surface area contributed by atoms with Crippen LogP contribution in [0.5, 0.6) is 0 Å². The Morgan fingerprint density at radius 2 is 1.86 bits per heavy atom. The van der Waals surface area contributed by atoms with E-state index < -0.39 is 0 Å². The number of para-hydroxylation sites is 2. The average Bonchev–Trinajstić information content (AvgIpc) is 2.74. The Morgan fingerprint density at radius 3 is 2.68 bits per heavy atom. The fourth-order valence-corrected chi connectivity index (χ4v) is 3.67.